The maximum atomic E-state index is 14.4. The van der Waals surface area contributed by atoms with Crippen LogP contribution in [0, 0.1) is 0 Å². The number of alkyl halides is 6. The van der Waals surface area contributed by atoms with Gasteiger partial charge in [0.1, 0.15) is 11.6 Å². The summed E-state index contributed by atoms with van der Waals surface area (Å²) < 4.78 is 94.8. The highest BCUT2D eigenvalue weighted by atomic mass is 32.1. The standard InChI is InChI=1S/C49H25F6N3S2/c50-48(51,52)28-21-26(22-29(25-28)49(53,54)55)27-23-42(57-38-13-5-1-9-30(38)34-17-19-36-32-11-3-7-15-40(32)59-46(36)44(34)57)56-43(24-27)58-39-14-6-2-10-31(39)35-18-20-37-33-12-4-8-16-41(33)60-47(37)45(35)58/h1-25H. The lowest BCUT2D eigenvalue weighted by Gasteiger charge is -2.17. The molecule has 0 amide bonds. The number of rotatable bonds is 3. The van der Waals surface area contributed by atoms with Gasteiger partial charge in [-0.25, -0.2) is 4.98 Å². The van der Waals surface area contributed by atoms with E-state index in [0.717, 1.165) is 96.1 Å². The van der Waals surface area contributed by atoms with Gasteiger partial charge in [0.2, 0.25) is 0 Å². The Kier molecular flexibility index (Phi) is 7.30. The third-order valence-electron chi connectivity index (χ3n) is 11.5. The first-order valence-electron chi connectivity index (χ1n) is 19.0. The predicted octanol–water partition coefficient (Wildman–Crippen LogP) is 15.7. The molecular weight excluding hydrogens is 809 g/mol. The van der Waals surface area contributed by atoms with Gasteiger partial charge in [-0.1, -0.05) is 97.1 Å². The summed E-state index contributed by atoms with van der Waals surface area (Å²) in [5, 5.41) is 7.99. The van der Waals surface area contributed by atoms with Crippen LogP contribution < -0.4 is 0 Å². The van der Waals surface area contributed by atoms with Crippen LogP contribution in [0.15, 0.2) is 152 Å². The van der Waals surface area contributed by atoms with Gasteiger partial charge in [-0.05, 0) is 65.7 Å². The monoisotopic (exact) mass is 833 g/mol. The zero-order valence-corrected chi connectivity index (χ0v) is 32.5. The molecule has 0 fully saturated rings. The number of para-hydroxylation sites is 2. The average Bonchev–Trinajstić information content (AvgIpc) is 4.00. The number of halogens is 6. The Hall–Kier alpha value is -6.69. The molecule has 12 aromatic rings. The van der Waals surface area contributed by atoms with E-state index in [1.165, 1.54) is 0 Å². The Labute approximate surface area is 343 Å². The summed E-state index contributed by atoms with van der Waals surface area (Å²) in [6, 6.07) is 45.3. The van der Waals surface area contributed by atoms with E-state index in [2.05, 4.69) is 48.5 Å². The zero-order chi connectivity index (χ0) is 40.7. The Morgan fingerprint density at radius 1 is 0.383 bits per heavy atom. The third-order valence-corrected chi connectivity index (χ3v) is 13.9. The van der Waals surface area contributed by atoms with Crippen LogP contribution in [0.4, 0.5) is 26.3 Å². The second-order valence-electron chi connectivity index (χ2n) is 14.9. The molecule has 5 aromatic heterocycles. The predicted molar refractivity (Wildman–Crippen MR) is 234 cm³/mol. The van der Waals surface area contributed by atoms with Crippen LogP contribution in [0.3, 0.4) is 0 Å². The lowest BCUT2D eigenvalue weighted by Crippen LogP contribution is -2.11. The highest BCUT2D eigenvalue weighted by Gasteiger charge is 2.37. The summed E-state index contributed by atoms with van der Waals surface area (Å²) in [6.07, 6.45) is -10.1. The van der Waals surface area contributed by atoms with E-state index >= 15 is 0 Å². The molecule has 7 aromatic carbocycles. The van der Waals surface area contributed by atoms with E-state index in [9.17, 15) is 26.3 Å². The summed E-state index contributed by atoms with van der Waals surface area (Å²) in [6.45, 7) is 0. The summed E-state index contributed by atoms with van der Waals surface area (Å²) >= 11 is 3.26. The van der Waals surface area contributed by atoms with Crippen molar-refractivity contribution in [3.8, 4) is 22.8 Å². The molecule has 0 unspecified atom stereocenters. The molecule has 0 aliphatic carbocycles. The van der Waals surface area contributed by atoms with Crippen molar-refractivity contribution in [3.63, 3.8) is 0 Å². The normalized spacial score (nSPS) is 12.8. The minimum Gasteiger partial charge on any atom is -0.292 e. The van der Waals surface area contributed by atoms with Gasteiger partial charge in [0.05, 0.1) is 42.6 Å². The Morgan fingerprint density at radius 3 is 1.22 bits per heavy atom. The number of hydrogen-bond donors (Lipinski definition) is 0. The van der Waals surface area contributed by atoms with Gasteiger partial charge in [0.15, 0.2) is 0 Å². The molecule has 0 bridgehead atoms. The second-order valence-corrected chi connectivity index (χ2v) is 17.0. The van der Waals surface area contributed by atoms with Crippen molar-refractivity contribution in [2.75, 3.05) is 0 Å². The second kappa shape index (κ2) is 12.4. The Bertz CT molecular complexity index is 3530. The largest absolute Gasteiger partial charge is 0.416 e. The van der Waals surface area contributed by atoms with Gasteiger partial charge >= 0.3 is 12.4 Å². The number of benzene rings is 7. The van der Waals surface area contributed by atoms with Crippen LogP contribution in [0.25, 0.3) is 107 Å². The summed E-state index contributed by atoms with van der Waals surface area (Å²) in [5.74, 6) is 0.693. The first kappa shape index (κ1) is 35.3. The fourth-order valence-corrected chi connectivity index (χ4v) is 11.4. The third kappa shape index (κ3) is 5.12. The van der Waals surface area contributed by atoms with Crippen molar-refractivity contribution >= 4 is 107 Å². The van der Waals surface area contributed by atoms with Crippen LogP contribution in [0.5, 0.6) is 0 Å². The van der Waals surface area contributed by atoms with Gasteiger partial charge in [0.25, 0.3) is 0 Å². The van der Waals surface area contributed by atoms with Crippen molar-refractivity contribution in [1.29, 1.82) is 0 Å². The van der Waals surface area contributed by atoms with Gasteiger partial charge in [-0.15, -0.1) is 22.7 Å². The average molecular weight is 834 g/mol. The molecule has 0 aliphatic heterocycles. The molecule has 0 N–H and O–H groups in total. The molecule has 3 nitrogen and oxygen atoms in total. The summed E-state index contributed by atoms with van der Waals surface area (Å²) in [5.41, 5.74) is 0.418. The number of fused-ring (bicyclic) bond motifs is 14. The summed E-state index contributed by atoms with van der Waals surface area (Å²) in [4.78, 5) is 5.40. The number of thiophene rings is 2. The number of aromatic nitrogens is 3. The van der Waals surface area contributed by atoms with E-state index in [-0.39, 0.29) is 17.2 Å². The van der Waals surface area contributed by atoms with Gasteiger partial charge < -0.3 is 0 Å². The highest BCUT2D eigenvalue weighted by Crippen LogP contribution is 2.46. The topological polar surface area (TPSA) is 22.8 Å². The number of nitrogens with zero attached hydrogens (tertiary/aromatic N) is 3. The van der Waals surface area contributed by atoms with E-state index < -0.39 is 23.5 Å². The molecule has 290 valence electrons. The van der Waals surface area contributed by atoms with Crippen LogP contribution in [0.2, 0.25) is 0 Å². The van der Waals surface area contributed by atoms with Gasteiger partial charge in [-0.2, -0.15) is 26.3 Å². The van der Waals surface area contributed by atoms with Crippen LogP contribution in [0.1, 0.15) is 11.1 Å². The van der Waals surface area contributed by atoms with Crippen LogP contribution >= 0.6 is 22.7 Å². The summed E-state index contributed by atoms with van der Waals surface area (Å²) in [7, 11) is 0. The molecule has 0 spiro atoms. The Balaban J connectivity index is 1.26. The van der Waals surface area contributed by atoms with Gasteiger partial charge in [-0.3, -0.25) is 9.13 Å². The van der Waals surface area contributed by atoms with Crippen LogP contribution in [-0.2, 0) is 12.4 Å². The first-order valence-corrected chi connectivity index (χ1v) is 20.6. The molecule has 0 radical (unpaired) electrons. The minimum absolute atomic E-state index is 0.149. The lowest BCUT2D eigenvalue weighted by molar-refractivity contribution is -0.143. The fraction of sp³-hybridized carbons (Fsp3) is 0.0408. The Morgan fingerprint density at radius 2 is 0.767 bits per heavy atom. The zero-order valence-electron chi connectivity index (χ0n) is 30.9. The number of hydrogen-bond acceptors (Lipinski definition) is 3. The molecule has 12 rings (SSSR count). The quantitative estimate of drug-likeness (QED) is 0.163. The smallest absolute Gasteiger partial charge is 0.292 e. The molecule has 11 heteroatoms. The van der Waals surface area contributed by atoms with Crippen molar-refractivity contribution in [2.45, 2.75) is 12.4 Å². The molecule has 60 heavy (non-hydrogen) atoms. The first-order chi connectivity index (χ1) is 29.0. The molecule has 5 heterocycles. The van der Waals surface area contributed by atoms with E-state index in [4.69, 9.17) is 4.98 Å². The molecule has 0 saturated heterocycles. The SMILES string of the molecule is FC(F)(F)c1cc(-c2cc(-n3c4ccccc4c4ccc5c6ccccc6sc5c43)nc(-n3c4ccccc4c4ccc5c6ccccc6sc5c43)c2)cc(C(F)(F)F)c1. The van der Waals surface area contributed by atoms with Crippen molar-refractivity contribution < 1.29 is 26.3 Å². The van der Waals surface area contributed by atoms with Crippen molar-refractivity contribution in [3.05, 3.63) is 163 Å². The van der Waals surface area contributed by atoms with E-state index in [1.54, 1.807) is 34.8 Å². The molecule has 0 saturated carbocycles. The van der Waals surface area contributed by atoms with E-state index in [1.807, 2.05) is 81.9 Å². The van der Waals surface area contributed by atoms with Crippen LogP contribution in [-0.4, -0.2) is 14.1 Å². The minimum atomic E-state index is -5.03. The lowest BCUT2D eigenvalue weighted by atomic mass is 9.99. The fourth-order valence-electron chi connectivity index (χ4n) is 8.96. The maximum absolute atomic E-state index is 14.4. The highest BCUT2D eigenvalue weighted by molar-refractivity contribution is 7.27. The van der Waals surface area contributed by atoms with Crippen molar-refractivity contribution in [1.82, 2.24) is 14.1 Å². The molecule has 0 aliphatic rings. The molecule has 0 atom stereocenters. The van der Waals surface area contributed by atoms with E-state index in [0.29, 0.717) is 11.6 Å². The number of pyridine rings is 1. The van der Waals surface area contributed by atoms with Gasteiger partial charge in [0, 0.05) is 52.5 Å². The molecular formula is C49H25F6N3S2. The van der Waals surface area contributed by atoms with Crippen molar-refractivity contribution in [2.24, 2.45) is 0 Å². The maximum Gasteiger partial charge on any atom is 0.416 e.